The summed E-state index contributed by atoms with van der Waals surface area (Å²) in [7, 11) is 0. The third kappa shape index (κ3) is 5.49. The lowest BCUT2D eigenvalue weighted by molar-refractivity contribution is -0.133. The van der Waals surface area contributed by atoms with E-state index in [9.17, 15) is 9.59 Å². The highest BCUT2D eigenvalue weighted by atomic mass is 16.2. The zero-order valence-corrected chi connectivity index (χ0v) is 11.5. The number of nitrogens with one attached hydrogen (secondary N) is 2. The van der Waals surface area contributed by atoms with Crippen LogP contribution in [0.1, 0.15) is 33.1 Å². The Morgan fingerprint density at radius 2 is 2.00 bits per heavy atom. The van der Waals surface area contributed by atoms with Crippen molar-refractivity contribution in [3.05, 3.63) is 0 Å². The molecule has 0 atom stereocenters. The second-order valence-electron chi connectivity index (χ2n) is 4.94. The lowest BCUT2D eigenvalue weighted by Crippen LogP contribution is -2.44. The topological polar surface area (TPSA) is 61.4 Å². The van der Waals surface area contributed by atoms with E-state index in [4.69, 9.17) is 0 Å². The van der Waals surface area contributed by atoms with Crippen LogP contribution < -0.4 is 10.6 Å². The van der Waals surface area contributed by atoms with Crippen molar-refractivity contribution in [1.29, 1.82) is 0 Å². The third-order valence-corrected chi connectivity index (χ3v) is 3.27. The lowest BCUT2D eigenvalue weighted by Gasteiger charge is -2.30. The molecule has 0 bridgehead atoms. The Bertz CT molecular complexity index is 275. The molecule has 1 aliphatic rings. The third-order valence-electron chi connectivity index (χ3n) is 3.27. The van der Waals surface area contributed by atoms with Crippen LogP contribution in [0.15, 0.2) is 0 Å². The maximum Gasteiger partial charge on any atom is 0.241 e. The van der Waals surface area contributed by atoms with Crippen molar-refractivity contribution in [2.75, 3.05) is 32.7 Å². The zero-order chi connectivity index (χ0) is 13.4. The molecule has 1 fully saturated rings. The van der Waals surface area contributed by atoms with Gasteiger partial charge in [-0.3, -0.25) is 9.59 Å². The maximum atomic E-state index is 12.0. The van der Waals surface area contributed by atoms with Crippen molar-refractivity contribution in [2.24, 2.45) is 5.92 Å². The maximum absolute atomic E-state index is 12.0. The van der Waals surface area contributed by atoms with E-state index in [2.05, 4.69) is 17.6 Å². The number of rotatable bonds is 6. The van der Waals surface area contributed by atoms with Crippen LogP contribution in [0.4, 0.5) is 0 Å². The van der Waals surface area contributed by atoms with Crippen LogP contribution >= 0.6 is 0 Å². The molecule has 0 aliphatic carbocycles. The summed E-state index contributed by atoms with van der Waals surface area (Å²) in [6.45, 7) is 7.33. The van der Waals surface area contributed by atoms with E-state index in [0.29, 0.717) is 5.92 Å². The predicted octanol–water partition coefficient (Wildman–Crippen LogP) is 0.361. The first-order chi connectivity index (χ1) is 8.63. The second kappa shape index (κ2) is 8.08. The highest BCUT2D eigenvalue weighted by Gasteiger charge is 2.20. The van der Waals surface area contributed by atoms with Gasteiger partial charge in [-0.25, -0.2) is 0 Å². The minimum Gasteiger partial charge on any atom is -0.347 e. The first kappa shape index (κ1) is 15.0. The predicted molar refractivity (Wildman–Crippen MR) is 71.1 cm³/mol. The standard InChI is InChI=1S/C13H25N3O2/c1-3-8-16(13(18)9-15-11(2)17)10-12-4-6-14-7-5-12/h12,14H,3-10H2,1-2H3,(H,15,17). The number of carbonyl (C=O) groups is 2. The molecule has 0 aromatic carbocycles. The smallest absolute Gasteiger partial charge is 0.241 e. The molecular formula is C13H25N3O2. The zero-order valence-electron chi connectivity index (χ0n) is 11.5. The van der Waals surface area contributed by atoms with Gasteiger partial charge in [0.15, 0.2) is 0 Å². The summed E-state index contributed by atoms with van der Waals surface area (Å²) < 4.78 is 0. The van der Waals surface area contributed by atoms with Crippen molar-refractivity contribution < 1.29 is 9.59 Å². The summed E-state index contributed by atoms with van der Waals surface area (Å²) in [6, 6.07) is 0. The molecular weight excluding hydrogens is 230 g/mol. The van der Waals surface area contributed by atoms with Gasteiger partial charge in [0.25, 0.3) is 0 Å². The Morgan fingerprint density at radius 3 is 2.56 bits per heavy atom. The van der Waals surface area contributed by atoms with Crippen LogP contribution in [0, 0.1) is 5.92 Å². The summed E-state index contributed by atoms with van der Waals surface area (Å²) in [5, 5.41) is 5.91. The van der Waals surface area contributed by atoms with Gasteiger partial charge < -0.3 is 15.5 Å². The van der Waals surface area contributed by atoms with Crippen molar-refractivity contribution in [1.82, 2.24) is 15.5 Å². The van der Waals surface area contributed by atoms with Gasteiger partial charge in [-0.05, 0) is 38.3 Å². The van der Waals surface area contributed by atoms with Crippen molar-refractivity contribution in [3.8, 4) is 0 Å². The number of nitrogens with zero attached hydrogens (tertiary/aromatic N) is 1. The molecule has 0 saturated carbocycles. The van der Waals surface area contributed by atoms with Crippen LogP contribution in [0.2, 0.25) is 0 Å². The van der Waals surface area contributed by atoms with Gasteiger partial charge in [-0.2, -0.15) is 0 Å². The molecule has 0 aromatic heterocycles. The average Bonchev–Trinajstić information content (AvgIpc) is 2.36. The fourth-order valence-electron chi connectivity index (χ4n) is 2.28. The van der Waals surface area contributed by atoms with Gasteiger partial charge in [-0.1, -0.05) is 6.92 Å². The Labute approximate surface area is 109 Å². The second-order valence-corrected chi connectivity index (χ2v) is 4.94. The van der Waals surface area contributed by atoms with Gasteiger partial charge >= 0.3 is 0 Å². The monoisotopic (exact) mass is 255 g/mol. The highest BCUT2D eigenvalue weighted by molar-refractivity contribution is 5.83. The molecule has 1 heterocycles. The highest BCUT2D eigenvalue weighted by Crippen LogP contribution is 2.13. The van der Waals surface area contributed by atoms with E-state index >= 15 is 0 Å². The van der Waals surface area contributed by atoms with E-state index in [-0.39, 0.29) is 18.4 Å². The normalized spacial score (nSPS) is 16.3. The van der Waals surface area contributed by atoms with E-state index in [1.54, 1.807) is 0 Å². The number of hydrogen-bond acceptors (Lipinski definition) is 3. The van der Waals surface area contributed by atoms with Crippen molar-refractivity contribution >= 4 is 11.8 Å². The number of piperidine rings is 1. The molecule has 1 rings (SSSR count). The van der Waals surface area contributed by atoms with Crippen LogP contribution in [-0.2, 0) is 9.59 Å². The molecule has 0 spiro atoms. The largest absolute Gasteiger partial charge is 0.347 e. The van der Waals surface area contributed by atoms with E-state index in [0.717, 1.165) is 45.4 Å². The molecule has 5 nitrogen and oxygen atoms in total. The summed E-state index contributed by atoms with van der Waals surface area (Å²) in [5.74, 6) is 0.478. The van der Waals surface area contributed by atoms with Gasteiger partial charge in [0.1, 0.15) is 0 Å². The minimum absolute atomic E-state index is 0.0329. The van der Waals surface area contributed by atoms with Crippen molar-refractivity contribution in [2.45, 2.75) is 33.1 Å². The number of carbonyl (C=O) groups excluding carboxylic acids is 2. The SMILES string of the molecule is CCCN(CC1CCNCC1)C(=O)CNC(C)=O. The molecule has 1 saturated heterocycles. The van der Waals surface area contributed by atoms with E-state index in [1.165, 1.54) is 6.92 Å². The minimum atomic E-state index is -0.151. The van der Waals surface area contributed by atoms with Gasteiger partial charge in [0, 0.05) is 20.0 Å². The van der Waals surface area contributed by atoms with Crippen LogP contribution in [0.25, 0.3) is 0 Å². The molecule has 0 unspecified atom stereocenters. The van der Waals surface area contributed by atoms with E-state index < -0.39 is 0 Å². The molecule has 18 heavy (non-hydrogen) atoms. The number of amides is 2. The van der Waals surface area contributed by atoms with Gasteiger partial charge in [0.05, 0.1) is 6.54 Å². The molecule has 0 radical (unpaired) electrons. The molecule has 2 N–H and O–H groups in total. The Kier molecular flexibility index (Phi) is 6.72. The Hall–Kier alpha value is -1.10. The first-order valence-electron chi connectivity index (χ1n) is 6.86. The molecule has 104 valence electrons. The lowest BCUT2D eigenvalue weighted by atomic mass is 9.97. The van der Waals surface area contributed by atoms with Crippen LogP contribution in [0.3, 0.4) is 0 Å². The average molecular weight is 255 g/mol. The fraction of sp³-hybridized carbons (Fsp3) is 0.846. The summed E-state index contributed by atoms with van der Waals surface area (Å²) in [6.07, 6.45) is 3.22. The first-order valence-corrected chi connectivity index (χ1v) is 6.86. The molecule has 1 aliphatic heterocycles. The Morgan fingerprint density at radius 1 is 1.33 bits per heavy atom. The van der Waals surface area contributed by atoms with Crippen LogP contribution in [-0.4, -0.2) is 49.4 Å². The van der Waals surface area contributed by atoms with Gasteiger partial charge in [-0.15, -0.1) is 0 Å². The molecule has 5 heteroatoms. The van der Waals surface area contributed by atoms with Crippen molar-refractivity contribution in [3.63, 3.8) is 0 Å². The Balaban J connectivity index is 2.41. The molecule has 2 amide bonds. The molecule has 0 aromatic rings. The van der Waals surface area contributed by atoms with Gasteiger partial charge in [0.2, 0.25) is 11.8 Å². The quantitative estimate of drug-likeness (QED) is 0.720. The van der Waals surface area contributed by atoms with Crippen LogP contribution in [0.5, 0.6) is 0 Å². The van der Waals surface area contributed by atoms with E-state index in [1.807, 2.05) is 4.90 Å². The summed E-state index contributed by atoms with van der Waals surface area (Å²) >= 11 is 0. The number of hydrogen-bond donors (Lipinski definition) is 2. The summed E-state index contributed by atoms with van der Waals surface area (Å²) in [4.78, 5) is 24.7. The summed E-state index contributed by atoms with van der Waals surface area (Å²) in [5.41, 5.74) is 0. The fourth-order valence-corrected chi connectivity index (χ4v) is 2.28.